The van der Waals surface area contributed by atoms with E-state index in [1.807, 2.05) is 0 Å². The number of allylic oxidation sites excluding steroid dienone is 10. The molecular weight excluding hydrogens is 841 g/mol. The molecule has 0 aromatic carbocycles. The van der Waals surface area contributed by atoms with Crippen molar-refractivity contribution >= 4 is 17.9 Å². The highest BCUT2D eigenvalue weighted by atomic mass is 16.6. The summed E-state index contributed by atoms with van der Waals surface area (Å²) in [4.78, 5) is 38.1. The second-order valence-electron chi connectivity index (χ2n) is 19.6. The molecule has 1 unspecified atom stereocenters. The highest BCUT2D eigenvalue weighted by molar-refractivity contribution is 5.71. The van der Waals surface area contributed by atoms with Gasteiger partial charge in [-0.1, -0.05) is 268 Å². The zero-order valence-electron chi connectivity index (χ0n) is 45.1. The van der Waals surface area contributed by atoms with E-state index >= 15 is 0 Å². The van der Waals surface area contributed by atoms with E-state index in [9.17, 15) is 14.4 Å². The van der Waals surface area contributed by atoms with Crippen molar-refractivity contribution in [2.24, 2.45) is 0 Å². The Morgan fingerprint density at radius 1 is 0.294 bits per heavy atom. The largest absolute Gasteiger partial charge is 0.462 e. The lowest BCUT2D eigenvalue weighted by molar-refractivity contribution is -0.167. The number of hydrogen-bond acceptors (Lipinski definition) is 6. The SMILES string of the molecule is CCCCC\C=C/C=C\C=C/C=C\CCCCCCCC(=O)OC(COC(=O)CCCCC/C=C\CCCCCCCC)COC(=O)CCCCCCCCCCCCCCCCCCCCC. The fourth-order valence-corrected chi connectivity index (χ4v) is 8.39. The van der Waals surface area contributed by atoms with Gasteiger partial charge in [0.2, 0.25) is 0 Å². The Morgan fingerprint density at radius 2 is 0.544 bits per heavy atom. The molecular formula is C62H110O6. The third-order valence-electron chi connectivity index (χ3n) is 12.8. The van der Waals surface area contributed by atoms with Crippen molar-refractivity contribution < 1.29 is 28.6 Å². The van der Waals surface area contributed by atoms with Crippen molar-refractivity contribution in [2.45, 2.75) is 303 Å². The Bertz CT molecular complexity index is 1230. The molecule has 0 fully saturated rings. The van der Waals surface area contributed by atoms with E-state index in [0.717, 1.165) is 96.3 Å². The lowest BCUT2D eigenvalue weighted by Gasteiger charge is -2.18. The van der Waals surface area contributed by atoms with Crippen LogP contribution in [0.1, 0.15) is 297 Å². The average molecular weight is 952 g/mol. The summed E-state index contributed by atoms with van der Waals surface area (Å²) >= 11 is 0. The maximum atomic E-state index is 12.9. The molecule has 0 radical (unpaired) electrons. The van der Waals surface area contributed by atoms with Crippen molar-refractivity contribution in [3.05, 3.63) is 60.8 Å². The van der Waals surface area contributed by atoms with Crippen LogP contribution < -0.4 is 0 Å². The maximum absolute atomic E-state index is 12.9. The third kappa shape index (κ3) is 54.1. The number of ether oxygens (including phenoxy) is 3. The molecule has 0 rings (SSSR count). The number of esters is 3. The minimum atomic E-state index is -0.791. The van der Waals surface area contributed by atoms with Gasteiger partial charge in [-0.15, -0.1) is 0 Å². The lowest BCUT2D eigenvalue weighted by Crippen LogP contribution is -2.30. The van der Waals surface area contributed by atoms with Gasteiger partial charge in [0.1, 0.15) is 13.2 Å². The first-order valence-corrected chi connectivity index (χ1v) is 29.3. The smallest absolute Gasteiger partial charge is 0.306 e. The van der Waals surface area contributed by atoms with Gasteiger partial charge in [-0.25, -0.2) is 0 Å². The van der Waals surface area contributed by atoms with Crippen LogP contribution in [0.25, 0.3) is 0 Å². The number of rotatable bonds is 53. The summed E-state index contributed by atoms with van der Waals surface area (Å²) in [5.74, 6) is -0.913. The molecule has 0 N–H and O–H groups in total. The van der Waals surface area contributed by atoms with E-state index in [-0.39, 0.29) is 31.1 Å². The Hall–Kier alpha value is -2.89. The normalized spacial score (nSPS) is 12.5. The molecule has 0 aromatic heterocycles. The maximum Gasteiger partial charge on any atom is 0.306 e. The van der Waals surface area contributed by atoms with E-state index in [2.05, 4.69) is 81.5 Å². The highest BCUT2D eigenvalue weighted by Gasteiger charge is 2.19. The zero-order chi connectivity index (χ0) is 49.3. The summed E-state index contributed by atoms with van der Waals surface area (Å²) in [6, 6.07) is 0. The molecule has 6 heteroatoms. The molecule has 0 saturated heterocycles. The first-order chi connectivity index (χ1) is 33.5. The van der Waals surface area contributed by atoms with Crippen LogP contribution in [0.15, 0.2) is 60.8 Å². The second-order valence-corrected chi connectivity index (χ2v) is 19.6. The molecule has 0 bridgehead atoms. The van der Waals surface area contributed by atoms with E-state index in [1.54, 1.807) is 0 Å². The van der Waals surface area contributed by atoms with Crippen LogP contribution in [0.5, 0.6) is 0 Å². The van der Waals surface area contributed by atoms with Gasteiger partial charge in [0, 0.05) is 19.3 Å². The molecule has 68 heavy (non-hydrogen) atoms. The highest BCUT2D eigenvalue weighted by Crippen LogP contribution is 2.16. The molecule has 0 aliphatic heterocycles. The van der Waals surface area contributed by atoms with Crippen molar-refractivity contribution in [3.63, 3.8) is 0 Å². The summed E-state index contributed by atoms with van der Waals surface area (Å²) in [6.45, 7) is 6.59. The average Bonchev–Trinajstić information content (AvgIpc) is 3.34. The van der Waals surface area contributed by atoms with Gasteiger partial charge in [0.25, 0.3) is 0 Å². The molecule has 0 aromatic rings. The summed E-state index contributed by atoms with van der Waals surface area (Å²) < 4.78 is 16.8. The van der Waals surface area contributed by atoms with Crippen LogP contribution in [-0.2, 0) is 28.6 Å². The van der Waals surface area contributed by atoms with Crippen molar-refractivity contribution in [1.29, 1.82) is 0 Å². The lowest BCUT2D eigenvalue weighted by atomic mass is 10.0. The molecule has 0 aliphatic carbocycles. The van der Waals surface area contributed by atoms with Crippen molar-refractivity contribution in [3.8, 4) is 0 Å². The third-order valence-corrected chi connectivity index (χ3v) is 12.8. The van der Waals surface area contributed by atoms with Crippen LogP contribution in [0.3, 0.4) is 0 Å². The summed E-state index contributed by atoms with van der Waals surface area (Å²) in [5, 5.41) is 0. The van der Waals surface area contributed by atoms with Gasteiger partial charge < -0.3 is 14.2 Å². The molecule has 1 atom stereocenters. The minimum Gasteiger partial charge on any atom is -0.462 e. The molecule has 0 aliphatic rings. The summed E-state index contributed by atoms with van der Waals surface area (Å²) in [6.07, 6.45) is 70.7. The predicted molar refractivity (Wildman–Crippen MR) is 293 cm³/mol. The first-order valence-electron chi connectivity index (χ1n) is 29.3. The quantitative estimate of drug-likeness (QED) is 0.0199. The summed E-state index contributed by atoms with van der Waals surface area (Å²) in [5.41, 5.74) is 0. The van der Waals surface area contributed by atoms with E-state index in [1.165, 1.54) is 161 Å². The number of carbonyl (C=O) groups is 3. The zero-order valence-corrected chi connectivity index (χ0v) is 45.1. The second kappa shape index (κ2) is 56.7. The van der Waals surface area contributed by atoms with Crippen molar-refractivity contribution in [2.75, 3.05) is 13.2 Å². The predicted octanol–water partition coefficient (Wildman–Crippen LogP) is 19.6. The van der Waals surface area contributed by atoms with Gasteiger partial charge in [-0.2, -0.15) is 0 Å². The number of unbranched alkanes of at least 4 members (excludes halogenated alkanes) is 35. The summed E-state index contributed by atoms with van der Waals surface area (Å²) in [7, 11) is 0. The number of hydrogen-bond donors (Lipinski definition) is 0. The Kier molecular flexibility index (Phi) is 54.3. The molecule has 0 amide bonds. The van der Waals surface area contributed by atoms with E-state index in [0.29, 0.717) is 19.3 Å². The van der Waals surface area contributed by atoms with Crippen molar-refractivity contribution in [1.82, 2.24) is 0 Å². The molecule has 0 heterocycles. The fourth-order valence-electron chi connectivity index (χ4n) is 8.39. The van der Waals surface area contributed by atoms with Crippen LogP contribution in [0, 0.1) is 0 Å². The van der Waals surface area contributed by atoms with Gasteiger partial charge in [-0.05, 0) is 70.6 Å². The topological polar surface area (TPSA) is 78.9 Å². The molecule has 0 saturated carbocycles. The Labute approximate surface area is 421 Å². The standard InChI is InChI=1S/C62H110O6/c1-4-7-10-13-16-19-22-25-27-29-31-33-34-37-40-43-46-49-52-55-61(64)67-58-59(57-66-60(63)54-51-48-45-42-39-36-24-21-18-15-12-9-6-3)68-62(65)56-53-50-47-44-41-38-35-32-30-28-26-23-20-17-14-11-8-5-2/h17,20,23,26,28,30,32,35-36,39,59H,4-16,18-19,21-22,24-25,27,29,31,33-34,37-38,40-58H2,1-3H3/b20-17-,26-23-,30-28-,35-32-,39-36-. The minimum absolute atomic E-state index is 0.0861. The van der Waals surface area contributed by atoms with Crippen LogP contribution >= 0.6 is 0 Å². The Balaban J connectivity index is 4.39. The van der Waals surface area contributed by atoms with Crippen LogP contribution in [-0.4, -0.2) is 37.2 Å². The number of carbonyl (C=O) groups excluding carboxylic acids is 3. The molecule has 6 nitrogen and oxygen atoms in total. The molecule has 394 valence electrons. The van der Waals surface area contributed by atoms with Gasteiger partial charge in [0.15, 0.2) is 6.10 Å². The fraction of sp³-hybridized carbons (Fsp3) is 0.790. The van der Waals surface area contributed by atoms with Gasteiger partial charge in [-0.3, -0.25) is 14.4 Å². The monoisotopic (exact) mass is 951 g/mol. The van der Waals surface area contributed by atoms with E-state index < -0.39 is 6.10 Å². The van der Waals surface area contributed by atoms with Gasteiger partial charge in [0.05, 0.1) is 0 Å². The Morgan fingerprint density at radius 3 is 0.912 bits per heavy atom. The van der Waals surface area contributed by atoms with Gasteiger partial charge >= 0.3 is 17.9 Å². The van der Waals surface area contributed by atoms with Crippen LogP contribution in [0.4, 0.5) is 0 Å². The first kappa shape index (κ1) is 65.1. The molecule has 0 spiro atoms. The van der Waals surface area contributed by atoms with Crippen LogP contribution in [0.2, 0.25) is 0 Å². The van der Waals surface area contributed by atoms with E-state index in [4.69, 9.17) is 14.2 Å².